The first-order valence-corrected chi connectivity index (χ1v) is 7.72. The van der Waals surface area contributed by atoms with Gasteiger partial charge >= 0.3 is 0 Å². The highest BCUT2D eigenvalue weighted by Crippen LogP contribution is 2.25. The van der Waals surface area contributed by atoms with Gasteiger partial charge in [0.15, 0.2) is 0 Å². The Labute approximate surface area is 134 Å². The van der Waals surface area contributed by atoms with Gasteiger partial charge in [-0.3, -0.25) is 9.78 Å². The second kappa shape index (κ2) is 6.90. The largest absolute Gasteiger partial charge is 0.376 e. The zero-order chi connectivity index (χ0) is 15.4. The minimum absolute atomic E-state index is 0.107. The third-order valence-electron chi connectivity index (χ3n) is 3.67. The smallest absolute Gasteiger partial charge is 0.251 e. The van der Waals surface area contributed by atoms with Crippen LogP contribution in [-0.4, -0.2) is 30.1 Å². The molecule has 5 heteroatoms. The van der Waals surface area contributed by atoms with E-state index in [0.717, 1.165) is 25.0 Å². The van der Waals surface area contributed by atoms with E-state index in [9.17, 15) is 4.79 Å². The summed E-state index contributed by atoms with van der Waals surface area (Å²) in [5.74, 6) is -0.107. The van der Waals surface area contributed by atoms with E-state index in [4.69, 9.17) is 16.3 Å². The molecular formula is C17H17ClN2O2. The van der Waals surface area contributed by atoms with Crippen molar-refractivity contribution in [3.05, 3.63) is 53.2 Å². The number of nitrogens with one attached hydrogen (secondary N) is 1. The zero-order valence-electron chi connectivity index (χ0n) is 12.1. The van der Waals surface area contributed by atoms with Crippen molar-refractivity contribution >= 4 is 17.5 Å². The van der Waals surface area contributed by atoms with Crippen LogP contribution in [0.2, 0.25) is 5.02 Å². The first-order valence-electron chi connectivity index (χ1n) is 7.35. The number of halogens is 1. The molecule has 1 aliphatic heterocycles. The molecule has 0 unspecified atom stereocenters. The first-order chi connectivity index (χ1) is 10.7. The quantitative estimate of drug-likeness (QED) is 0.941. The van der Waals surface area contributed by atoms with E-state index >= 15 is 0 Å². The Balaban J connectivity index is 1.73. The number of benzene rings is 1. The lowest BCUT2D eigenvalue weighted by atomic mass is 10.1. The lowest BCUT2D eigenvalue weighted by Crippen LogP contribution is -2.31. The van der Waals surface area contributed by atoms with Crippen molar-refractivity contribution in [2.75, 3.05) is 13.2 Å². The van der Waals surface area contributed by atoms with E-state index in [-0.39, 0.29) is 12.0 Å². The van der Waals surface area contributed by atoms with Gasteiger partial charge in [-0.15, -0.1) is 0 Å². The summed E-state index contributed by atoms with van der Waals surface area (Å²) >= 11 is 6.16. The molecule has 114 valence electrons. The van der Waals surface area contributed by atoms with Gasteiger partial charge in [-0.05, 0) is 37.1 Å². The van der Waals surface area contributed by atoms with Crippen molar-refractivity contribution in [3.63, 3.8) is 0 Å². The zero-order valence-corrected chi connectivity index (χ0v) is 12.8. The lowest BCUT2D eigenvalue weighted by Gasteiger charge is -2.11. The van der Waals surface area contributed by atoms with Crippen molar-refractivity contribution in [1.29, 1.82) is 0 Å². The summed E-state index contributed by atoms with van der Waals surface area (Å²) in [4.78, 5) is 16.5. The van der Waals surface area contributed by atoms with Gasteiger partial charge < -0.3 is 10.1 Å². The van der Waals surface area contributed by atoms with E-state index in [1.807, 2.05) is 12.1 Å². The second-order valence-electron chi connectivity index (χ2n) is 5.26. The normalized spacial score (nSPS) is 17.4. The van der Waals surface area contributed by atoms with Crippen molar-refractivity contribution < 1.29 is 9.53 Å². The Morgan fingerprint density at radius 1 is 1.36 bits per heavy atom. The SMILES string of the molecule is O=C(NC[C@H]1CCCO1)c1cccc(-c2ncccc2Cl)c1. The van der Waals surface area contributed by atoms with Crippen molar-refractivity contribution in [2.24, 2.45) is 0 Å². The lowest BCUT2D eigenvalue weighted by molar-refractivity contribution is 0.0858. The maximum atomic E-state index is 12.2. The van der Waals surface area contributed by atoms with E-state index in [2.05, 4.69) is 10.3 Å². The van der Waals surface area contributed by atoms with Gasteiger partial charge in [0.2, 0.25) is 0 Å². The summed E-state index contributed by atoms with van der Waals surface area (Å²) in [6, 6.07) is 10.9. The van der Waals surface area contributed by atoms with Crippen molar-refractivity contribution in [2.45, 2.75) is 18.9 Å². The van der Waals surface area contributed by atoms with Crippen LogP contribution in [0.1, 0.15) is 23.2 Å². The Morgan fingerprint density at radius 2 is 2.27 bits per heavy atom. The number of pyridine rings is 1. The summed E-state index contributed by atoms with van der Waals surface area (Å²) in [6.45, 7) is 1.33. The maximum absolute atomic E-state index is 12.2. The van der Waals surface area contributed by atoms with Gasteiger partial charge in [0.25, 0.3) is 5.91 Å². The van der Waals surface area contributed by atoms with Crippen LogP contribution >= 0.6 is 11.6 Å². The third-order valence-corrected chi connectivity index (χ3v) is 3.98. The Hall–Kier alpha value is -1.91. The summed E-state index contributed by atoms with van der Waals surface area (Å²) in [7, 11) is 0. The van der Waals surface area contributed by atoms with Crippen LogP contribution in [-0.2, 0) is 4.74 Å². The van der Waals surface area contributed by atoms with Crippen LogP contribution in [0.3, 0.4) is 0 Å². The minimum atomic E-state index is -0.107. The molecule has 4 nitrogen and oxygen atoms in total. The van der Waals surface area contributed by atoms with E-state index in [1.54, 1.807) is 30.5 Å². The third kappa shape index (κ3) is 3.46. The number of carbonyl (C=O) groups excluding carboxylic acids is 1. The van der Waals surface area contributed by atoms with Gasteiger partial charge in [-0.2, -0.15) is 0 Å². The molecule has 1 aliphatic rings. The van der Waals surface area contributed by atoms with Crippen LogP contribution in [0.5, 0.6) is 0 Å². The van der Waals surface area contributed by atoms with E-state index in [1.165, 1.54) is 0 Å². The van der Waals surface area contributed by atoms with Gasteiger partial charge in [-0.25, -0.2) is 0 Å². The Morgan fingerprint density at radius 3 is 3.05 bits per heavy atom. The Kier molecular flexibility index (Phi) is 4.71. The molecule has 0 spiro atoms. The number of amides is 1. The van der Waals surface area contributed by atoms with Crippen LogP contribution in [0, 0.1) is 0 Å². The minimum Gasteiger partial charge on any atom is -0.376 e. The molecule has 1 N–H and O–H groups in total. The maximum Gasteiger partial charge on any atom is 0.251 e. The highest BCUT2D eigenvalue weighted by molar-refractivity contribution is 6.33. The van der Waals surface area contributed by atoms with Crippen LogP contribution in [0.25, 0.3) is 11.3 Å². The molecule has 22 heavy (non-hydrogen) atoms. The summed E-state index contributed by atoms with van der Waals surface area (Å²) in [6.07, 6.45) is 3.89. The molecule has 2 heterocycles. The molecule has 0 aliphatic carbocycles. The number of hydrogen-bond acceptors (Lipinski definition) is 3. The fourth-order valence-corrected chi connectivity index (χ4v) is 2.75. The van der Waals surface area contributed by atoms with E-state index < -0.39 is 0 Å². The van der Waals surface area contributed by atoms with Gasteiger partial charge in [-0.1, -0.05) is 23.7 Å². The van der Waals surface area contributed by atoms with Gasteiger partial charge in [0.05, 0.1) is 16.8 Å². The molecule has 0 radical (unpaired) electrons. The average molecular weight is 317 g/mol. The molecule has 1 aromatic heterocycles. The topological polar surface area (TPSA) is 51.2 Å². The number of hydrogen-bond donors (Lipinski definition) is 1. The molecule has 1 fully saturated rings. The second-order valence-corrected chi connectivity index (χ2v) is 5.67. The summed E-state index contributed by atoms with van der Waals surface area (Å²) in [5.41, 5.74) is 2.10. The number of rotatable bonds is 4. The molecule has 3 rings (SSSR count). The van der Waals surface area contributed by atoms with Crippen molar-refractivity contribution in [3.8, 4) is 11.3 Å². The highest BCUT2D eigenvalue weighted by atomic mass is 35.5. The van der Waals surface area contributed by atoms with Crippen LogP contribution < -0.4 is 5.32 Å². The molecule has 1 atom stereocenters. The summed E-state index contributed by atoms with van der Waals surface area (Å²) < 4.78 is 5.51. The van der Waals surface area contributed by atoms with Gasteiger partial charge in [0.1, 0.15) is 0 Å². The number of carbonyl (C=O) groups is 1. The standard InChI is InChI=1S/C17H17ClN2O2/c18-15-7-2-8-19-16(15)12-4-1-5-13(10-12)17(21)20-11-14-6-3-9-22-14/h1-2,4-5,7-8,10,14H,3,6,9,11H2,(H,20,21)/t14-/m1/s1. The number of ether oxygens (including phenoxy) is 1. The monoisotopic (exact) mass is 316 g/mol. The number of nitrogens with zero attached hydrogens (tertiary/aromatic N) is 1. The molecule has 1 saturated heterocycles. The average Bonchev–Trinajstić information content (AvgIpc) is 3.06. The van der Waals surface area contributed by atoms with Gasteiger partial charge in [0, 0.05) is 30.5 Å². The predicted octanol–water partition coefficient (Wildman–Crippen LogP) is 3.31. The summed E-state index contributed by atoms with van der Waals surface area (Å²) in [5, 5.41) is 3.49. The van der Waals surface area contributed by atoms with Crippen LogP contribution in [0.15, 0.2) is 42.6 Å². The molecule has 0 saturated carbocycles. The number of aromatic nitrogens is 1. The predicted molar refractivity (Wildman–Crippen MR) is 86.0 cm³/mol. The molecule has 0 bridgehead atoms. The Bertz CT molecular complexity index is 669. The molecule has 2 aromatic rings. The highest BCUT2D eigenvalue weighted by Gasteiger charge is 2.17. The fraction of sp³-hybridized carbons (Fsp3) is 0.294. The first kappa shape index (κ1) is 15.0. The van der Waals surface area contributed by atoms with Crippen LogP contribution in [0.4, 0.5) is 0 Å². The van der Waals surface area contributed by atoms with E-state index in [0.29, 0.717) is 22.8 Å². The molecular weight excluding hydrogens is 300 g/mol. The fourth-order valence-electron chi connectivity index (χ4n) is 2.52. The molecule has 1 aromatic carbocycles. The molecule has 1 amide bonds. The van der Waals surface area contributed by atoms with Crippen molar-refractivity contribution in [1.82, 2.24) is 10.3 Å².